The molecule has 0 bridgehead atoms. The van der Waals surface area contributed by atoms with Crippen molar-refractivity contribution in [3.8, 4) is 5.75 Å². The van der Waals surface area contributed by atoms with Crippen LogP contribution in [0.4, 0.5) is 0 Å². The number of aryl methyl sites for hydroxylation is 1. The second-order valence-corrected chi connectivity index (χ2v) is 3.53. The first-order valence-corrected chi connectivity index (χ1v) is 4.99. The van der Waals surface area contributed by atoms with Crippen LogP contribution in [0.15, 0.2) is 46.1 Å². The van der Waals surface area contributed by atoms with Gasteiger partial charge in [0.25, 0.3) is 0 Å². The van der Waals surface area contributed by atoms with Gasteiger partial charge in [-0.25, -0.2) is 9.59 Å². The fourth-order valence-corrected chi connectivity index (χ4v) is 1.53. The molecule has 17 heavy (non-hydrogen) atoms. The highest BCUT2D eigenvalue weighted by Crippen LogP contribution is 2.22. The third-order valence-corrected chi connectivity index (χ3v) is 2.31. The van der Waals surface area contributed by atoms with Crippen molar-refractivity contribution < 1.29 is 13.9 Å². The minimum atomic E-state index is -0.556. The number of carbonyl (C=O) groups is 1. The van der Waals surface area contributed by atoms with Crippen molar-refractivity contribution in [2.24, 2.45) is 0 Å². The molecule has 0 spiro atoms. The third-order valence-electron chi connectivity index (χ3n) is 2.31. The number of carbonyl (C=O) groups excluding carboxylic acids is 1. The van der Waals surface area contributed by atoms with E-state index in [1.54, 1.807) is 12.1 Å². The molecule has 0 unspecified atom stereocenters. The van der Waals surface area contributed by atoms with Gasteiger partial charge in [-0.3, -0.25) is 0 Å². The fourth-order valence-electron chi connectivity index (χ4n) is 1.53. The van der Waals surface area contributed by atoms with Gasteiger partial charge >= 0.3 is 11.6 Å². The Morgan fingerprint density at radius 2 is 2.18 bits per heavy atom. The molecule has 0 radical (unpaired) electrons. The van der Waals surface area contributed by atoms with Crippen molar-refractivity contribution in [2.45, 2.75) is 6.92 Å². The summed E-state index contributed by atoms with van der Waals surface area (Å²) in [6.45, 7) is 5.11. The van der Waals surface area contributed by atoms with E-state index in [0.29, 0.717) is 11.3 Å². The molecule has 0 aliphatic rings. The SMILES string of the molecule is C=CC(=O)Oc1ccc2c(C)cc(=O)oc2c1. The van der Waals surface area contributed by atoms with E-state index in [-0.39, 0.29) is 0 Å². The van der Waals surface area contributed by atoms with E-state index in [4.69, 9.17) is 9.15 Å². The normalized spacial score (nSPS) is 10.2. The Morgan fingerprint density at radius 3 is 2.88 bits per heavy atom. The molecule has 1 aromatic heterocycles. The molecule has 0 saturated heterocycles. The van der Waals surface area contributed by atoms with Gasteiger partial charge in [-0.1, -0.05) is 6.58 Å². The average molecular weight is 230 g/mol. The molecule has 1 aromatic carbocycles. The van der Waals surface area contributed by atoms with E-state index < -0.39 is 11.6 Å². The quantitative estimate of drug-likeness (QED) is 0.343. The Balaban J connectivity index is 2.53. The monoisotopic (exact) mass is 230 g/mol. The Bertz CT molecular complexity index is 652. The van der Waals surface area contributed by atoms with Gasteiger partial charge in [-0.15, -0.1) is 0 Å². The minimum Gasteiger partial charge on any atom is -0.423 e. The first-order chi connectivity index (χ1) is 8.10. The predicted molar refractivity (Wildman–Crippen MR) is 63.1 cm³/mol. The van der Waals surface area contributed by atoms with E-state index in [0.717, 1.165) is 17.0 Å². The average Bonchev–Trinajstić information content (AvgIpc) is 2.28. The Labute approximate surface area is 97.1 Å². The Hall–Kier alpha value is -2.36. The zero-order valence-corrected chi connectivity index (χ0v) is 9.23. The van der Waals surface area contributed by atoms with Gasteiger partial charge in [0.15, 0.2) is 0 Å². The highest BCUT2D eigenvalue weighted by molar-refractivity contribution is 5.85. The van der Waals surface area contributed by atoms with Gasteiger partial charge in [0.05, 0.1) is 0 Å². The fraction of sp³-hybridized carbons (Fsp3) is 0.0769. The number of hydrogen-bond acceptors (Lipinski definition) is 4. The molecule has 2 rings (SSSR count). The van der Waals surface area contributed by atoms with Gasteiger partial charge < -0.3 is 9.15 Å². The summed E-state index contributed by atoms with van der Waals surface area (Å²) in [6, 6.07) is 6.29. The number of ether oxygens (including phenoxy) is 1. The van der Waals surface area contributed by atoms with Crippen LogP contribution < -0.4 is 10.4 Å². The second kappa shape index (κ2) is 4.25. The van der Waals surface area contributed by atoms with Crippen molar-refractivity contribution in [3.05, 3.63) is 52.9 Å². The van der Waals surface area contributed by atoms with Crippen LogP contribution in [-0.2, 0) is 4.79 Å². The highest BCUT2D eigenvalue weighted by atomic mass is 16.5. The minimum absolute atomic E-state index is 0.316. The molecule has 0 aliphatic heterocycles. The maximum atomic E-state index is 11.2. The van der Waals surface area contributed by atoms with Crippen LogP contribution in [0.2, 0.25) is 0 Å². The molecule has 4 heteroatoms. The summed E-state index contributed by atoms with van der Waals surface area (Å²) >= 11 is 0. The molecule has 0 amide bonds. The van der Waals surface area contributed by atoms with Crippen LogP contribution >= 0.6 is 0 Å². The lowest BCUT2D eigenvalue weighted by atomic mass is 10.1. The molecule has 0 saturated carbocycles. The van der Waals surface area contributed by atoms with Crippen LogP contribution in [0.25, 0.3) is 11.0 Å². The van der Waals surface area contributed by atoms with Crippen molar-refractivity contribution >= 4 is 16.9 Å². The Kier molecular flexibility index (Phi) is 2.78. The third kappa shape index (κ3) is 2.25. The topological polar surface area (TPSA) is 56.5 Å². The molecule has 1 heterocycles. The van der Waals surface area contributed by atoms with Crippen LogP contribution in [0.3, 0.4) is 0 Å². The molecular formula is C13H10O4. The van der Waals surface area contributed by atoms with E-state index in [1.807, 2.05) is 6.92 Å². The van der Waals surface area contributed by atoms with Crippen LogP contribution in [0, 0.1) is 6.92 Å². The summed E-state index contributed by atoms with van der Waals surface area (Å²) in [5.41, 5.74) is 0.782. The van der Waals surface area contributed by atoms with Crippen molar-refractivity contribution in [1.82, 2.24) is 0 Å². The lowest BCUT2D eigenvalue weighted by Gasteiger charge is -2.03. The first kappa shape index (κ1) is 11.1. The Morgan fingerprint density at radius 1 is 1.41 bits per heavy atom. The number of fused-ring (bicyclic) bond motifs is 1. The lowest BCUT2D eigenvalue weighted by molar-refractivity contribution is -0.128. The predicted octanol–water partition coefficient (Wildman–Crippen LogP) is 2.19. The van der Waals surface area contributed by atoms with E-state index in [9.17, 15) is 9.59 Å². The van der Waals surface area contributed by atoms with E-state index in [2.05, 4.69) is 6.58 Å². The van der Waals surface area contributed by atoms with Crippen molar-refractivity contribution in [2.75, 3.05) is 0 Å². The van der Waals surface area contributed by atoms with Gasteiger partial charge in [-0.2, -0.15) is 0 Å². The maximum Gasteiger partial charge on any atom is 0.336 e. The summed E-state index contributed by atoms with van der Waals surface area (Å²) in [7, 11) is 0. The largest absolute Gasteiger partial charge is 0.423 e. The molecule has 86 valence electrons. The van der Waals surface area contributed by atoms with Gasteiger partial charge in [-0.05, 0) is 24.6 Å². The van der Waals surface area contributed by atoms with Gasteiger partial charge in [0.2, 0.25) is 0 Å². The van der Waals surface area contributed by atoms with E-state index >= 15 is 0 Å². The summed E-state index contributed by atoms with van der Waals surface area (Å²) in [4.78, 5) is 22.2. The van der Waals surface area contributed by atoms with Crippen LogP contribution in [0.5, 0.6) is 5.75 Å². The van der Waals surface area contributed by atoms with Crippen LogP contribution in [-0.4, -0.2) is 5.97 Å². The number of rotatable bonds is 2. The number of hydrogen-bond donors (Lipinski definition) is 0. The molecule has 0 atom stereocenters. The zero-order valence-electron chi connectivity index (χ0n) is 9.23. The van der Waals surface area contributed by atoms with Crippen molar-refractivity contribution in [3.63, 3.8) is 0 Å². The highest BCUT2D eigenvalue weighted by Gasteiger charge is 2.05. The first-order valence-electron chi connectivity index (χ1n) is 4.99. The second-order valence-electron chi connectivity index (χ2n) is 3.53. The molecule has 2 aromatic rings. The molecule has 4 nitrogen and oxygen atoms in total. The van der Waals surface area contributed by atoms with Crippen LogP contribution in [0.1, 0.15) is 5.56 Å². The zero-order chi connectivity index (χ0) is 12.4. The number of esters is 1. The maximum absolute atomic E-state index is 11.2. The summed E-state index contributed by atoms with van der Waals surface area (Å²) < 4.78 is 9.96. The molecule has 0 fully saturated rings. The van der Waals surface area contributed by atoms with Crippen molar-refractivity contribution in [1.29, 1.82) is 0 Å². The standard InChI is InChI=1S/C13H10O4/c1-3-12(14)16-9-4-5-10-8(2)6-13(15)17-11(10)7-9/h3-7H,1H2,2H3. The smallest absolute Gasteiger partial charge is 0.336 e. The summed E-state index contributed by atoms with van der Waals surface area (Å²) in [5, 5.41) is 0.808. The summed E-state index contributed by atoms with van der Waals surface area (Å²) in [6.07, 6.45) is 1.07. The summed E-state index contributed by atoms with van der Waals surface area (Å²) in [5.74, 6) is -0.240. The van der Waals surface area contributed by atoms with E-state index in [1.165, 1.54) is 12.1 Å². The molecule has 0 N–H and O–H groups in total. The van der Waals surface area contributed by atoms with Gasteiger partial charge in [0, 0.05) is 23.6 Å². The molecular weight excluding hydrogens is 220 g/mol. The molecule has 0 aliphatic carbocycles. The number of benzene rings is 1. The van der Waals surface area contributed by atoms with Gasteiger partial charge in [0.1, 0.15) is 11.3 Å². The lowest BCUT2D eigenvalue weighted by Crippen LogP contribution is -2.03.